The summed E-state index contributed by atoms with van der Waals surface area (Å²) >= 11 is 0. The lowest BCUT2D eigenvalue weighted by Gasteiger charge is -2.18. The molecule has 8 nitrogen and oxygen atoms in total. The van der Waals surface area contributed by atoms with Crippen molar-refractivity contribution in [3.05, 3.63) is 45.0 Å². The fraction of sp³-hybridized carbons (Fsp3) is 0.500. The highest BCUT2D eigenvalue weighted by Crippen LogP contribution is 2.19. The molecule has 0 saturated carbocycles. The molecule has 0 radical (unpaired) electrons. The highest BCUT2D eigenvalue weighted by atomic mass is 16.5. The molecule has 0 atom stereocenters. The fourth-order valence-electron chi connectivity index (χ4n) is 2.88. The third kappa shape index (κ3) is 3.23. The van der Waals surface area contributed by atoms with Gasteiger partial charge in [-0.05, 0) is 37.8 Å². The maximum Gasteiger partial charge on any atom is 0.261 e. The molecule has 1 aliphatic carbocycles. The van der Waals surface area contributed by atoms with Gasteiger partial charge in [-0.25, -0.2) is 0 Å². The molecule has 0 aliphatic heterocycles. The Kier molecular flexibility index (Phi) is 4.75. The van der Waals surface area contributed by atoms with Crippen LogP contribution in [0.2, 0.25) is 0 Å². The van der Waals surface area contributed by atoms with Crippen LogP contribution in [0, 0.1) is 0 Å². The molecule has 0 unspecified atom stereocenters. The average Bonchev–Trinajstić information content (AvgIpc) is 3.20. The first-order valence-corrected chi connectivity index (χ1v) is 7.97. The summed E-state index contributed by atoms with van der Waals surface area (Å²) in [6, 6.07) is 1.72. The van der Waals surface area contributed by atoms with Gasteiger partial charge in [0.1, 0.15) is 18.7 Å². The van der Waals surface area contributed by atoms with Crippen molar-refractivity contribution < 1.29 is 14.1 Å². The number of nitrogens with zero attached hydrogens (tertiary/aromatic N) is 3. The molecule has 1 amide bonds. The number of aryl methyl sites for hydroxylation is 2. The van der Waals surface area contributed by atoms with Crippen LogP contribution in [-0.2, 0) is 30.7 Å². The van der Waals surface area contributed by atoms with Crippen LogP contribution < -0.4 is 5.56 Å². The molecule has 0 spiro atoms. The number of H-pyrrole nitrogens is 1. The minimum absolute atomic E-state index is 0.155. The standard InChI is InChI=1S/C16H20N4O4/c1-3-20(8-14-18-13(9-23-2)19-24-14)16(22)11-7-10-5-4-6-12(10)17-15(11)21/h7H,3-6,8-9H2,1-2H3,(H,17,21). The Morgan fingerprint density at radius 3 is 3.04 bits per heavy atom. The number of aromatic amines is 1. The summed E-state index contributed by atoms with van der Waals surface area (Å²) in [5.74, 6) is 0.404. The van der Waals surface area contributed by atoms with Crippen LogP contribution in [0.4, 0.5) is 0 Å². The van der Waals surface area contributed by atoms with Crippen molar-refractivity contribution in [2.24, 2.45) is 0 Å². The highest BCUT2D eigenvalue weighted by molar-refractivity contribution is 5.94. The van der Waals surface area contributed by atoms with Crippen molar-refractivity contribution in [2.45, 2.75) is 39.3 Å². The molecule has 3 rings (SSSR count). The number of ether oxygens (including phenoxy) is 1. The van der Waals surface area contributed by atoms with Gasteiger partial charge in [0.2, 0.25) is 5.89 Å². The van der Waals surface area contributed by atoms with Gasteiger partial charge in [0.05, 0.1) is 0 Å². The number of carbonyl (C=O) groups excluding carboxylic acids is 1. The lowest BCUT2D eigenvalue weighted by molar-refractivity contribution is 0.0732. The van der Waals surface area contributed by atoms with Crippen molar-refractivity contribution in [3.8, 4) is 0 Å². The third-order valence-corrected chi connectivity index (χ3v) is 4.10. The molecule has 1 aliphatic rings. The first-order chi connectivity index (χ1) is 11.6. The van der Waals surface area contributed by atoms with E-state index in [1.807, 2.05) is 6.92 Å². The van der Waals surface area contributed by atoms with Crippen molar-refractivity contribution in [1.29, 1.82) is 0 Å². The van der Waals surface area contributed by atoms with E-state index in [1.165, 1.54) is 12.0 Å². The normalized spacial score (nSPS) is 13.1. The molecule has 24 heavy (non-hydrogen) atoms. The number of nitrogens with one attached hydrogen (secondary N) is 1. The molecule has 128 valence electrons. The maximum atomic E-state index is 12.7. The summed E-state index contributed by atoms with van der Waals surface area (Å²) in [6.45, 7) is 2.67. The van der Waals surface area contributed by atoms with E-state index >= 15 is 0 Å². The van der Waals surface area contributed by atoms with Gasteiger partial charge in [-0.2, -0.15) is 4.98 Å². The molecule has 0 saturated heterocycles. The van der Waals surface area contributed by atoms with Gasteiger partial charge in [0, 0.05) is 19.3 Å². The zero-order valence-electron chi connectivity index (χ0n) is 13.8. The minimum atomic E-state index is -0.343. The number of carbonyl (C=O) groups is 1. The van der Waals surface area contributed by atoms with Crippen LogP contribution in [0.1, 0.15) is 46.7 Å². The van der Waals surface area contributed by atoms with E-state index in [1.54, 1.807) is 6.07 Å². The number of amides is 1. The summed E-state index contributed by atoms with van der Waals surface area (Å²) in [5.41, 5.74) is 1.81. The van der Waals surface area contributed by atoms with Crippen molar-refractivity contribution in [3.63, 3.8) is 0 Å². The first kappa shape index (κ1) is 16.4. The van der Waals surface area contributed by atoms with Crippen molar-refractivity contribution in [2.75, 3.05) is 13.7 Å². The van der Waals surface area contributed by atoms with E-state index in [0.717, 1.165) is 30.5 Å². The summed E-state index contributed by atoms with van der Waals surface area (Å²) in [4.78, 5) is 33.4. The number of aromatic nitrogens is 3. The molecule has 0 fully saturated rings. The van der Waals surface area contributed by atoms with E-state index in [2.05, 4.69) is 15.1 Å². The van der Waals surface area contributed by atoms with Gasteiger partial charge >= 0.3 is 0 Å². The lowest BCUT2D eigenvalue weighted by Crippen LogP contribution is -2.34. The number of rotatable bonds is 6. The number of hydrogen-bond acceptors (Lipinski definition) is 6. The Balaban J connectivity index is 1.80. The van der Waals surface area contributed by atoms with E-state index in [-0.39, 0.29) is 30.2 Å². The van der Waals surface area contributed by atoms with E-state index in [9.17, 15) is 9.59 Å². The Morgan fingerprint density at radius 2 is 2.29 bits per heavy atom. The van der Waals surface area contributed by atoms with Crippen LogP contribution >= 0.6 is 0 Å². The van der Waals surface area contributed by atoms with Crippen LogP contribution in [0.5, 0.6) is 0 Å². The zero-order valence-corrected chi connectivity index (χ0v) is 13.8. The number of hydrogen-bond donors (Lipinski definition) is 1. The van der Waals surface area contributed by atoms with Gasteiger partial charge < -0.3 is 19.1 Å². The van der Waals surface area contributed by atoms with Gasteiger partial charge in [-0.15, -0.1) is 0 Å². The van der Waals surface area contributed by atoms with Crippen LogP contribution in [0.3, 0.4) is 0 Å². The Labute approximate surface area is 138 Å². The lowest BCUT2D eigenvalue weighted by atomic mass is 10.1. The van der Waals surface area contributed by atoms with E-state index in [4.69, 9.17) is 9.26 Å². The van der Waals surface area contributed by atoms with E-state index in [0.29, 0.717) is 18.3 Å². The van der Waals surface area contributed by atoms with Crippen molar-refractivity contribution >= 4 is 5.91 Å². The predicted octanol–water partition coefficient (Wildman–Crippen LogP) is 1.06. The second-order valence-corrected chi connectivity index (χ2v) is 5.73. The zero-order chi connectivity index (χ0) is 17.1. The summed E-state index contributed by atoms with van der Waals surface area (Å²) in [7, 11) is 1.54. The largest absolute Gasteiger partial charge is 0.377 e. The Morgan fingerprint density at radius 1 is 1.46 bits per heavy atom. The second kappa shape index (κ2) is 6.96. The highest BCUT2D eigenvalue weighted by Gasteiger charge is 2.23. The quantitative estimate of drug-likeness (QED) is 0.848. The fourth-order valence-corrected chi connectivity index (χ4v) is 2.88. The van der Waals surface area contributed by atoms with Gasteiger partial charge in [0.25, 0.3) is 11.5 Å². The van der Waals surface area contributed by atoms with E-state index < -0.39 is 0 Å². The third-order valence-electron chi connectivity index (χ3n) is 4.10. The molecule has 8 heteroatoms. The average molecular weight is 332 g/mol. The summed E-state index contributed by atoms with van der Waals surface area (Å²) < 4.78 is 10.1. The summed E-state index contributed by atoms with van der Waals surface area (Å²) in [5, 5.41) is 3.77. The number of methoxy groups -OCH3 is 1. The Hall–Kier alpha value is -2.48. The minimum Gasteiger partial charge on any atom is -0.377 e. The molecule has 2 heterocycles. The summed E-state index contributed by atoms with van der Waals surface area (Å²) in [6.07, 6.45) is 2.76. The molecular formula is C16H20N4O4. The van der Waals surface area contributed by atoms with Crippen LogP contribution in [0.15, 0.2) is 15.4 Å². The van der Waals surface area contributed by atoms with Crippen LogP contribution in [-0.4, -0.2) is 39.6 Å². The topological polar surface area (TPSA) is 101 Å². The Bertz CT molecular complexity index is 796. The SMILES string of the molecule is CCN(Cc1nc(COC)no1)C(=O)c1cc2c([nH]c1=O)CCC2. The molecular weight excluding hydrogens is 312 g/mol. The molecule has 0 bridgehead atoms. The molecule has 2 aromatic heterocycles. The number of fused-ring (bicyclic) bond motifs is 1. The van der Waals surface area contributed by atoms with Gasteiger partial charge in [-0.1, -0.05) is 5.16 Å². The van der Waals surface area contributed by atoms with Gasteiger partial charge in [0.15, 0.2) is 5.82 Å². The smallest absolute Gasteiger partial charge is 0.261 e. The molecule has 0 aromatic carbocycles. The second-order valence-electron chi connectivity index (χ2n) is 5.73. The monoisotopic (exact) mass is 332 g/mol. The first-order valence-electron chi connectivity index (χ1n) is 7.97. The number of pyridine rings is 1. The van der Waals surface area contributed by atoms with Gasteiger partial charge in [-0.3, -0.25) is 9.59 Å². The van der Waals surface area contributed by atoms with Crippen LogP contribution in [0.25, 0.3) is 0 Å². The predicted molar refractivity (Wildman–Crippen MR) is 84.5 cm³/mol. The molecule has 2 aromatic rings. The molecule has 1 N–H and O–H groups in total. The van der Waals surface area contributed by atoms with Crippen molar-refractivity contribution in [1.82, 2.24) is 20.0 Å². The maximum absolute atomic E-state index is 12.7.